The van der Waals surface area contributed by atoms with Crippen LogP contribution in [0.1, 0.15) is 0 Å². The van der Waals surface area contributed by atoms with Gasteiger partial charge in [0.1, 0.15) is 13.1 Å². The summed E-state index contributed by atoms with van der Waals surface area (Å²) in [4.78, 5) is 0. The Balaban J connectivity index is 4.41. The first-order valence-corrected chi connectivity index (χ1v) is 6.27. The van der Waals surface area contributed by atoms with Gasteiger partial charge in [0.15, 0.2) is 9.84 Å². The molecule has 0 aliphatic heterocycles. The van der Waals surface area contributed by atoms with Gasteiger partial charge >= 0.3 is 0 Å². The minimum Gasteiger partial charge on any atom is -0.305 e. The fraction of sp³-hybridized carbons (Fsp3) is 0.600. The highest BCUT2D eigenvalue weighted by atomic mass is 32.2. The highest BCUT2D eigenvalue weighted by Crippen LogP contribution is 2.01. The smallest absolute Gasteiger partial charge is 0.152 e. The van der Waals surface area contributed by atoms with Crippen molar-refractivity contribution in [2.24, 2.45) is 0 Å². The molecule has 0 rings (SSSR count). The topological polar surface area (TPSA) is 34.1 Å². The quantitative estimate of drug-likeness (QED) is 0.467. The number of hydrogen-bond acceptors (Lipinski definition) is 2. The molecule has 0 fully saturated rings. The first-order chi connectivity index (χ1) is 6.33. The third-order valence-corrected chi connectivity index (χ3v) is 2.87. The second kappa shape index (κ2) is 5.05. The lowest BCUT2D eigenvalue weighted by molar-refractivity contribution is -0.893. The number of hydrogen-bond donors (Lipinski definition) is 0. The van der Waals surface area contributed by atoms with Crippen molar-refractivity contribution >= 4 is 9.84 Å². The number of nitrogens with zero attached hydrogens (tertiary/aromatic N) is 1. The monoisotopic (exact) mass is 214 g/mol. The molecule has 0 radical (unpaired) electrons. The van der Waals surface area contributed by atoms with Gasteiger partial charge in [-0.2, -0.15) is 0 Å². The largest absolute Gasteiger partial charge is 0.305 e. The van der Waals surface area contributed by atoms with Crippen molar-refractivity contribution in [3.63, 3.8) is 0 Å². The third-order valence-electron chi connectivity index (χ3n) is 1.95. The molecule has 0 saturated carbocycles. The van der Waals surface area contributed by atoms with Crippen LogP contribution in [0.3, 0.4) is 0 Å². The Kier molecular flexibility index (Phi) is 4.70. The summed E-state index contributed by atoms with van der Waals surface area (Å²) in [5.41, 5.74) is 0. The lowest BCUT2D eigenvalue weighted by Crippen LogP contribution is -2.47. The van der Waals surface area contributed by atoms with Crippen molar-refractivity contribution in [1.29, 1.82) is 0 Å². The zero-order valence-corrected chi connectivity index (χ0v) is 9.47. The number of quaternary nitrogens is 1. The summed E-state index contributed by atoms with van der Waals surface area (Å²) in [5, 5.41) is 0. The molecule has 78 valence electrons. The molecule has 3 nitrogen and oxygen atoms in total. The van der Waals surface area contributed by atoms with Gasteiger partial charge in [0, 0.05) is 6.26 Å². The molecule has 4 heteroatoms. The van der Waals surface area contributed by atoms with Crippen LogP contribution in [-0.2, 0) is 9.84 Å². The summed E-state index contributed by atoms with van der Waals surface area (Å²) in [5.74, 6) is 5.14. The molecule has 14 heavy (non-hydrogen) atoms. The molecule has 0 bridgehead atoms. The van der Waals surface area contributed by atoms with Crippen LogP contribution in [-0.4, -0.2) is 51.6 Å². The molecule has 0 N–H and O–H groups in total. The lowest BCUT2D eigenvalue weighted by atomic mass is 10.4. The zero-order chi connectivity index (χ0) is 11.2. The zero-order valence-electron chi connectivity index (χ0n) is 8.66. The van der Waals surface area contributed by atoms with Gasteiger partial charge in [-0.1, -0.05) is 0 Å². The maximum absolute atomic E-state index is 11.0. The maximum Gasteiger partial charge on any atom is 0.152 e. The molecule has 0 aliphatic carbocycles. The Morgan fingerprint density at radius 3 is 1.93 bits per heavy atom. The Hall–Kier alpha value is -0.970. The van der Waals surface area contributed by atoms with E-state index in [1.54, 1.807) is 0 Å². The van der Waals surface area contributed by atoms with E-state index in [9.17, 15) is 8.42 Å². The summed E-state index contributed by atoms with van der Waals surface area (Å²) in [6, 6.07) is 0. The predicted octanol–water partition coefficient (Wildman–Crippen LogP) is -0.256. The normalized spacial score (nSPS) is 11.7. The van der Waals surface area contributed by atoms with E-state index < -0.39 is 9.84 Å². The second-order valence-corrected chi connectivity index (χ2v) is 5.96. The van der Waals surface area contributed by atoms with Gasteiger partial charge in [-0.15, -0.1) is 12.8 Å². The molecule has 0 aliphatic rings. The standard InChI is InChI=1S/C10H16NO2S/c1-5-7-11(3,8-6-2)9-10-14(4,12)13/h1-2H,7-10H2,3-4H3/q+1. The summed E-state index contributed by atoms with van der Waals surface area (Å²) in [6.07, 6.45) is 11.6. The van der Waals surface area contributed by atoms with Crippen LogP contribution in [0.4, 0.5) is 0 Å². The number of terminal acetylenes is 2. The molecule has 0 spiro atoms. The Labute approximate surface area is 86.6 Å². The highest BCUT2D eigenvalue weighted by Gasteiger charge is 2.20. The average molecular weight is 214 g/mol. The summed E-state index contributed by atoms with van der Waals surface area (Å²) >= 11 is 0. The second-order valence-electron chi connectivity index (χ2n) is 3.70. The summed E-state index contributed by atoms with van der Waals surface area (Å²) < 4.78 is 22.4. The van der Waals surface area contributed by atoms with Crippen LogP contribution in [0.25, 0.3) is 0 Å². The Morgan fingerprint density at radius 1 is 1.21 bits per heavy atom. The van der Waals surface area contributed by atoms with Crippen molar-refractivity contribution in [3.8, 4) is 24.7 Å². The van der Waals surface area contributed by atoms with Crippen molar-refractivity contribution in [2.75, 3.05) is 38.7 Å². The van der Waals surface area contributed by atoms with Gasteiger partial charge in [0.05, 0.1) is 19.3 Å². The average Bonchev–Trinajstić information content (AvgIpc) is 2.01. The van der Waals surface area contributed by atoms with Crippen LogP contribution in [0.5, 0.6) is 0 Å². The van der Waals surface area contributed by atoms with Gasteiger partial charge < -0.3 is 4.48 Å². The highest BCUT2D eigenvalue weighted by molar-refractivity contribution is 7.90. The van der Waals surface area contributed by atoms with Gasteiger partial charge in [0.25, 0.3) is 0 Å². The predicted molar refractivity (Wildman–Crippen MR) is 58.2 cm³/mol. The summed E-state index contributed by atoms with van der Waals surface area (Å²) in [6.45, 7) is 1.38. The van der Waals surface area contributed by atoms with Crippen molar-refractivity contribution < 1.29 is 12.9 Å². The van der Waals surface area contributed by atoms with E-state index >= 15 is 0 Å². The van der Waals surface area contributed by atoms with Gasteiger partial charge in [-0.25, -0.2) is 8.42 Å². The fourth-order valence-electron chi connectivity index (χ4n) is 1.04. The van der Waals surface area contributed by atoms with Crippen molar-refractivity contribution in [1.82, 2.24) is 0 Å². The molecule has 0 aromatic carbocycles. The van der Waals surface area contributed by atoms with E-state index in [0.717, 1.165) is 0 Å². The van der Waals surface area contributed by atoms with Crippen molar-refractivity contribution in [3.05, 3.63) is 0 Å². The maximum atomic E-state index is 11.0. The minimum absolute atomic E-state index is 0.118. The van der Waals surface area contributed by atoms with Crippen LogP contribution in [0, 0.1) is 24.7 Å². The van der Waals surface area contributed by atoms with Gasteiger partial charge in [-0.05, 0) is 11.8 Å². The Bertz CT molecular complexity index is 341. The Morgan fingerprint density at radius 2 is 1.64 bits per heavy atom. The number of rotatable bonds is 5. The van der Waals surface area contributed by atoms with Gasteiger partial charge in [-0.3, -0.25) is 0 Å². The van der Waals surface area contributed by atoms with Crippen LogP contribution >= 0.6 is 0 Å². The molecule has 0 aromatic rings. The molecule has 0 saturated heterocycles. The van der Waals surface area contributed by atoms with Gasteiger partial charge in [0.2, 0.25) is 0 Å². The van der Waals surface area contributed by atoms with E-state index in [0.29, 0.717) is 24.1 Å². The van der Waals surface area contributed by atoms with E-state index in [1.165, 1.54) is 6.26 Å². The number of sulfone groups is 1. The van der Waals surface area contributed by atoms with Crippen molar-refractivity contribution in [2.45, 2.75) is 0 Å². The molecule has 0 aromatic heterocycles. The SMILES string of the molecule is C#CC[N+](C)(CC#C)CCS(C)(=O)=O. The van der Waals surface area contributed by atoms with Crippen LogP contribution in [0.2, 0.25) is 0 Å². The van der Waals surface area contributed by atoms with E-state index in [2.05, 4.69) is 11.8 Å². The fourth-order valence-corrected chi connectivity index (χ4v) is 1.81. The van der Waals surface area contributed by atoms with Crippen LogP contribution in [0.15, 0.2) is 0 Å². The molecule has 0 heterocycles. The molecule has 0 unspecified atom stereocenters. The molecule has 0 amide bonds. The molecular weight excluding hydrogens is 198 g/mol. The first kappa shape index (κ1) is 13.0. The lowest BCUT2D eigenvalue weighted by Gasteiger charge is -2.30. The minimum atomic E-state index is -2.95. The first-order valence-electron chi connectivity index (χ1n) is 4.21. The van der Waals surface area contributed by atoms with Crippen LogP contribution < -0.4 is 0 Å². The molecular formula is C10H16NO2S+. The van der Waals surface area contributed by atoms with E-state index in [4.69, 9.17) is 12.8 Å². The third kappa shape index (κ3) is 5.64. The molecule has 0 atom stereocenters. The van der Waals surface area contributed by atoms with E-state index in [-0.39, 0.29) is 5.75 Å². The summed E-state index contributed by atoms with van der Waals surface area (Å²) in [7, 11) is -1.08. The van der Waals surface area contributed by atoms with E-state index in [1.807, 2.05) is 7.05 Å².